The van der Waals surface area contributed by atoms with Crippen LogP contribution in [0.25, 0.3) is 0 Å². The standard InChI is InChI=1S/C18H15Cl2NO5/c1-10(26-18(23)12-5-13(19)7-14(20)6-12)17(22)21-8-11-2-3-15-16(4-11)25-9-24-15/h2-7,10H,8-9H2,1H3,(H,21,22). The molecule has 1 aliphatic rings. The van der Waals surface area contributed by atoms with Crippen molar-refractivity contribution in [2.75, 3.05) is 6.79 Å². The van der Waals surface area contributed by atoms with Gasteiger partial charge in [-0.3, -0.25) is 4.79 Å². The smallest absolute Gasteiger partial charge is 0.339 e. The number of ether oxygens (including phenoxy) is 3. The maximum Gasteiger partial charge on any atom is 0.339 e. The molecule has 1 atom stereocenters. The van der Waals surface area contributed by atoms with Crippen molar-refractivity contribution in [1.82, 2.24) is 5.32 Å². The molecule has 8 heteroatoms. The third-order valence-electron chi connectivity index (χ3n) is 3.66. The Labute approximate surface area is 159 Å². The maximum absolute atomic E-state index is 12.2. The van der Waals surface area contributed by atoms with Gasteiger partial charge in [0.1, 0.15) is 0 Å². The van der Waals surface area contributed by atoms with Crippen molar-refractivity contribution in [3.8, 4) is 11.5 Å². The van der Waals surface area contributed by atoms with E-state index in [4.69, 9.17) is 37.4 Å². The molecular formula is C18H15Cl2NO5. The lowest BCUT2D eigenvalue weighted by Crippen LogP contribution is -2.35. The molecule has 0 radical (unpaired) electrons. The Morgan fingerprint density at radius 3 is 2.54 bits per heavy atom. The SMILES string of the molecule is CC(OC(=O)c1cc(Cl)cc(Cl)c1)C(=O)NCc1ccc2c(c1)OCO2. The molecule has 1 N–H and O–H groups in total. The number of amides is 1. The summed E-state index contributed by atoms with van der Waals surface area (Å²) in [5, 5.41) is 3.32. The van der Waals surface area contributed by atoms with E-state index in [1.54, 1.807) is 12.1 Å². The predicted octanol–water partition coefficient (Wildman–Crippen LogP) is 3.58. The van der Waals surface area contributed by atoms with E-state index < -0.39 is 18.0 Å². The number of esters is 1. The van der Waals surface area contributed by atoms with E-state index in [9.17, 15) is 9.59 Å². The Morgan fingerprint density at radius 1 is 1.12 bits per heavy atom. The van der Waals surface area contributed by atoms with Gasteiger partial charge in [-0.1, -0.05) is 29.3 Å². The van der Waals surface area contributed by atoms with E-state index in [1.807, 2.05) is 6.07 Å². The largest absolute Gasteiger partial charge is 0.454 e. The van der Waals surface area contributed by atoms with Crippen LogP contribution in [-0.4, -0.2) is 24.8 Å². The first-order valence-corrected chi connectivity index (χ1v) is 8.51. The second-order valence-corrected chi connectivity index (χ2v) is 6.48. The zero-order valence-electron chi connectivity index (χ0n) is 13.8. The van der Waals surface area contributed by atoms with Crippen molar-refractivity contribution in [3.05, 3.63) is 57.6 Å². The van der Waals surface area contributed by atoms with Crippen LogP contribution in [0.5, 0.6) is 11.5 Å². The van der Waals surface area contributed by atoms with Crippen molar-refractivity contribution >= 4 is 35.1 Å². The molecule has 0 saturated carbocycles. The van der Waals surface area contributed by atoms with Gasteiger partial charge in [0.05, 0.1) is 5.56 Å². The zero-order chi connectivity index (χ0) is 18.7. The molecule has 0 saturated heterocycles. The van der Waals surface area contributed by atoms with Gasteiger partial charge in [0.2, 0.25) is 6.79 Å². The summed E-state index contributed by atoms with van der Waals surface area (Å²) >= 11 is 11.7. The lowest BCUT2D eigenvalue weighted by molar-refractivity contribution is -0.129. The first-order valence-electron chi connectivity index (χ1n) is 7.75. The molecule has 0 spiro atoms. The van der Waals surface area contributed by atoms with Crippen molar-refractivity contribution in [1.29, 1.82) is 0 Å². The fraction of sp³-hybridized carbons (Fsp3) is 0.222. The third kappa shape index (κ3) is 4.39. The van der Waals surface area contributed by atoms with Gasteiger partial charge in [-0.2, -0.15) is 0 Å². The minimum absolute atomic E-state index is 0.179. The lowest BCUT2D eigenvalue weighted by atomic mass is 10.2. The van der Waals surface area contributed by atoms with Gasteiger partial charge < -0.3 is 19.5 Å². The average molecular weight is 396 g/mol. The summed E-state index contributed by atoms with van der Waals surface area (Å²) < 4.78 is 15.7. The Hall–Kier alpha value is -2.44. The van der Waals surface area contributed by atoms with Gasteiger partial charge >= 0.3 is 5.97 Å². The minimum Gasteiger partial charge on any atom is -0.454 e. The first kappa shape index (κ1) is 18.4. The van der Waals surface area contributed by atoms with Crippen molar-refractivity contribution in [2.24, 2.45) is 0 Å². The molecule has 6 nitrogen and oxygen atoms in total. The molecule has 2 aromatic carbocycles. The number of nitrogens with one attached hydrogen (secondary N) is 1. The molecule has 1 heterocycles. The Kier molecular flexibility index (Phi) is 5.54. The number of rotatable bonds is 5. The number of hydrogen-bond acceptors (Lipinski definition) is 5. The normalized spacial score (nSPS) is 13.2. The second kappa shape index (κ2) is 7.85. The molecule has 1 aliphatic heterocycles. The van der Waals surface area contributed by atoms with E-state index in [2.05, 4.69) is 5.32 Å². The highest BCUT2D eigenvalue weighted by atomic mass is 35.5. The number of halogens is 2. The fourth-order valence-electron chi connectivity index (χ4n) is 2.34. The van der Waals surface area contributed by atoms with Crippen LogP contribution in [0.4, 0.5) is 0 Å². The summed E-state index contributed by atoms with van der Waals surface area (Å²) in [5.74, 6) is 0.195. The number of carbonyl (C=O) groups is 2. The van der Waals surface area contributed by atoms with E-state index in [0.717, 1.165) is 5.56 Å². The molecule has 1 amide bonds. The predicted molar refractivity (Wildman–Crippen MR) is 95.8 cm³/mol. The molecule has 26 heavy (non-hydrogen) atoms. The summed E-state index contributed by atoms with van der Waals surface area (Å²) in [6.45, 7) is 1.94. The summed E-state index contributed by atoms with van der Waals surface area (Å²) in [5.41, 5.74) is 1.01. The van der Waals surface area contributed by atoms with Crippen LogP contribution in [-0.2, 0) is 16.1 Å². The molecular weight excluding hydrogens is 381 g/mol. The van der Waals surface area contributed by atoms with Gasteiger partial charge in [-0.25, -0.2) is 4.79 Å². The van der Waals surface area contributed by atoms with E-state index >= 15 is 0 Å². The highest BCUT2D eigenvalue weighted by molar-refractivity contribution is 6.35. The molecule has 0 bridgehead atoms. The highest BCUT2D eigenvalue weighted by Gasteiger charge is 2.20. The van der Waals surface area contributed by atoms with Crippen LogP contribution in [0.1, 0.15) is 22.8 Å². The Morgan fingerprint density at radius 2 is 1.81 bits per heavy atom. The van der Waals surface area contributed by atoms with Gasteiger partial charge in [-0.05, 0) is 42.8 Å². The van der Waals surface area contributed by atoms with E-state index in [0.29, 0.717) is 21.5 Å². The van der Waals surface area contributed by atoms with Gasteiger partial charge in [0, 0.05) is 16.6 Å². The van der Waals surface area contributed by atoms with E-state index in [-0.39, 0.29) is 18.9 Å². The number of carbonyl (C=O) groups excluding carboxylic acids is 2. The number of benzene rings is 2. The summed E-state index contributed by atoms with van der Waals surface area (Å²) in [6, 6.07) is 9.73. The molecule has 2 aromatic rings. The van der Waals surface area contributed by atoms with Crippen LogP contribution < -0.4 is 14.8 Å². The molecule has 3 rings (SSSR count). The average Bonchev–Trinajstić information content (AvgIpc) is 3.06. The van der Waals surface area contributed by atoms with Crippen molar-refractivity contribution in [2.45, 2.75) is 19.6 Å². The maximum atomic E-state index is 12.2. The first-order chi connectivity index (χ1) is 12.4. The third-order valence-corrected chi connectivity index (χ3v) is 4.09. The summed E-state index contributed by atoms with van der Waals surface area (Å²) in [6.07, 6.45) is -0.978. The van der Waals surface area contributed by atoms with Crippen molar-refractivity contribution in [3.63, 3.8) is 0 Å². The van der Waals surface area contributed by atoms with Gasteiger partial charge in [0.15, 0.2) is 17.6 Å². The monoisotopic (exact) mass is 395 g/mol. The molecule has 0 aromatic heterocycles. The zero-order valence-corrected chi connectivity index (χ0v) is 15.3. The lowest BCUT2D eigenvalue weighted by Gasteiger charge is -2.14. The topological polar surface area (TPSA) is 73.9 Å². The van der Waals surface area contributed by atoms with Gasteiger partial charge in [-0.15, -0.1) is 0 Å². The second-order valence-electron chi connectivity index (χ2n) is 5.61. The summed E-state index contributed by atoms with van der Waals surface area (Å²) in [4.78, 5) is 24.3. The molecule has 136 valence electrons. The molecule has 1 unspecified atom stereocenters. The highest BCUT2D eigenvalue weighted by Crippen LogP contribution is 2.32. The Bertz CT molecular complexity index is 835. The van der Waals surface area contributed by atoms with Crippen LogP contribution in [0.15, 0.2) is 36.4 Å². The van der Waals surface area contributed by atoms with Gasteiger partial charge in [0.25, 0.3) is 5.91 Å². The fourth-order valence-corrected chi connectivity index (χ4v) is 2.86. The van der Waals surface area contributed by atoms with Crippen LogP contribution in [0.2, 0.25) is 10.0 Å². The number of hydrogen-bond donors (Lipinski definition) is 1. The molecule has 0 aliphatic carbocycles. The quantitative estimate of drug-likeness (QED) is 0.783. The minimum atomic E-state index is -0.978. The van der Waals surface area contributed by atoms with Crippen LogP contribution in [0.3, 0.4) is 0 Å². The Balaban J connectivity index is 1.55. The van der Waals surface area contributed by atoms with Crippen LogP contribution in [0, 0.1) is 0 Å². The number of fused-ring (bicyclic) bond motifs is 1. The summed E-state index contributed by atoms with van der Waals surface area (Å²) in [7, 11) is 0. The molecule has 0 fully saturated rings. The van der Waals surface area contributed by atoms with Crippen LogP contribution >= 0.6 is 23.2 Å². The van der Waals surface area contributed by atoms with Crippen molar-refractivity contribution < 1.29 is 23.8 Å². The van der Waals surface area contributed by atoms with E-state index in [1.165, 1.54) is 25.1 Å².